The second-order valence-corrected chi connectivity index (χ2v) is 5.10. The van der Waals surface area contributed by atoms with Crippen LogP contribution >= 0.6 is 11.6 Å². The number of non-ortho nitro benzene ring substituents is 1. The minimum atomic E-state index is -0.567. The van der Waals surface area contributed by atoms with Gasteiger partial charge in [-0.2, -0.15) is 0 Å². The summed E-state index contributed by atoms with van der Waals surface area (Å²) >= 11 is 5.65. The van der Waals surface area contributed by atoms with Gasteiger partial charge in [-0.25, -0.2) is 4.39 Å². The third-order valence-electron chi connectivity index (χ3n) is 3.18. The van der Waals surface area contributed by atoms with Gasteiger partial charge in [-0.15, -0.1) is 0 Å². The van der Waals surface area contributed by atoms with Crippen molar-refractivity contribution in [2.24, 2.45) is 0 Å². The van der Waals surface area contributed by atoms with E-state index in [1.54, 1.807) is 6.92 Å². The largest absolute Gasteiger partial charge is 0.326 e. The van der Waals surface area contributed by atoms with Gasteiger partial charge in [0.15, 0.2) is 0 Å². The summed E-state index contributed by atoms with van der Waals surface area (Å²) in [5, 5.41) is 13.1. The lowest BCUT2D eigenvalue weighted by Crippen LogP contribution is -2.18. The molecule has 0 bridgehead atoms. The van der Waals surface area contributed by atoms with Crippen LogP contribution in [0.2, 0.25) is 5.02 Å². The molecule has 0 fully saturated rings. The van der Waals surface area contributed by atoms with Gasteiger partial charge in [-0.1, -0.05) is 23.7 Å². The van der Waals surface area contributed by atoms with E-state index in [2.05, 4.69) is 5.32 Å². The van der Waals surface area contributed by atoms with Gasteiger partial charge in [-0.3, -0.25) is 14.9 Å². The molecular formula is C15H12ClFN2O3. The summed E-state index contributed by atoms with van der Waals surface area (Å²) < 4.78 is 13.1. The molecule has 22 heavy (non-hydrogen) atoms. The number of amides is 1. The average molecular weight is 323 g/mol. The van der Waals surface area contributed by atoms with Crippen LogP contribution in [0.3, 0.4) is 0 Å². The van der Waals surface area contributed by atoms with Crippen molar-refractivity contribution in [3.63, 3.8) is 0 Å². The summed E-state index contributed by atoms with van der Waals surface area (Å²) in [6.45, 7) is 1.67. The number of hydrogen-bond donors (Lipinski definition) is 1. The maximum atomic E-state index is 13.1. The third-order valence-corrected chi connectivity index (χ3v) is 3.47. The van der Waals surface area contributed by atoms with Crippen LogP contribution in [-0.4, -0.2) is 10.8 Å². The minimum absolute atomic E-state index is 0.0401. The van der Waals surface area contributed by atoms with Crippen molar-refractivity contribution in [2.75, 3.05) is 5.32 Å². The van der Waals surface area contributed by atoms with E-state index in [1.807, 2.05) is 0 Å². The minimum Gasteiger partial charge on any atom is -0.326 e. The van der Waals surface area contributed by atoms with Crippen LogP contribution < -0.4 is 5.32 Å². The molecule has 0 aromatic heterocycles. The second-order valence-electron chi connectivity index (χ2n) is 4.69. The predicted octanol–water partition coefficient (Wildman–Crippen LogP) is 4.13. The Kier molecular flexibility index (Phi) is 4.72. The van der Waals surface area contributed by atoms with Crippen LogP contribution in [0.4, 0.5) is 15.8 Å². The molecule has 0 spiro atoms. The SMILES string of the molecule is C[C@@H](C(=O)Nc1ccc(F)c(Cl)c1)c1ccc([N+](=O)[O-])cc1. The van der Waals surface area contributed by atoms with Crippen LogP contribution in [-0.2, 0) is 4.79 Å². The molecule has 0 aliphatic heterocycles. The number of nitrogens with one attached hydrogen (secondary N) is 1. The molecule has 114 valence electrons. The van der Waals surface area contributed by atoms with E-state index >= 15 is 0 Å². The number of nitro groups is 1. The van der Waals surface area contributed by atoms with Gasteiger partial charge in [0.2, 0.25) is 5.91 Å². The summed E-state index contributed by atoms with van der Waals surface area (Å²) in [5.41, 5.74) is 0.975. The first-order valence-electron chi connectivity index (χ1n) is 6.38. The van der Waals surface area contributed by atoms with Crippen molar-refractivity contribution in [3.05, 3.63) is 69.0 Å². The number of carbonyl (C=O) groups is 1. The quantitative estimate of drug-likeness (QED) is 0.679. The normalized spacial score (nSPS) is 11.8. The summed E-state index contributed by atoms with van der Waals surface area (Å²) in [6.07, 6.45) is 0. The van der Waals surface area contributed by atoms with Gasteiger partial charge in [0.05, 0.1) is 15.9 Å². The highest BCUT2D eigenvalue weighted by molar-refractivity contribution is 6.31. The van der Waals surface area contributed by atoms with Crippen LogP contribution in [0, 0.1) is 15.9 Å². The number of rotatable bonds is 4. The van der Waals surface area contributed by atoms with Gasteiger partial charge in [-0.05, 0) is 30.7 Å². The predicted molar refractivity (Wildman–Crippen MR) is 81.6 cm³/mol. The van der Waals surface area contributed by atoms with Gasteiger partial charge < -0.3 is 5.32 Å². The fourth-order valence-corrected chi connectivity index (χ4v) is 2.04. The first kappa shape index (κ1) is 15.9. The number of anilines is 1. The molecule has 1 amide bonds. The standard InChI is InChI=1S/C15H12ClFN2O3/c1-9(10-2-5-12(6-3-10)19(21)22)15(20)18-11-4-7-14(17)13(16)8-11/h2-9H,1H3,(H,18,20)/t9-/m1/s1. The fraction of sp³-hybridized carbons (Fsp3) is 0.133. The zero-order valence-corrected chi connectivity index (χ0v) is 12.3. The van der Waals surface area contributed by atoms with Crippen molar-refractivity contribution >= 4 is 28.9 Å². The van der Waals surface area contributed by atoms with Crippen LogP contribution in [0.15, 0.2) is 42.5 Å². The lowest BCUT2D eigenvalue weighted by atomic mass is 10.00. The second kappa shape index (κ2) is 6.53. The van der Waals surface area contributed by atoms with E-state index in [9.17, 15) is 19.3 Å². The van der Waals surface area contributed by atoms with Crippen LogP contribution in [0.5, 0.6) is 0 Å². The zero-order valence-electron chi connectivity index (χ0n) is 11.5. The fourth-order valence-electron chi connectivity index (χ4n) is 1.86. The number of hydrogen-bond acceptors (Lipinski definition) is 3. The zero-order chi connectivity index (χ0) is 16.3. The van der Waals surface area contributed by atoms with Crippen molar-refractivity contribution in [1.82, 2.24) is 0 Å². The third kappa shape index (κ3) is 3.59. The van der Waals surface area contributed by atoms with E-state index in [0.717, 1.165) is 6.07 Å². The molecule has 1 atom stereocenters. The summed E-state index contributed by atoms with van der Waals surface area (Å²) in [5.74, 6) is -1.41. The summed E-state index contributed by atoms with van der Waals surface area (Å²) in [6, 6.07) is 9.62. The van der Waals surface area contributed by atoms with Gasteiger partial charge >= 0.3 is 0 Å². The van der Waals surface area contributed by atoms with Crippen LogP contribution in [0.25, 0.3) is 0 Å². The molecule has 0 aliphatic carbocycles. The van der Waals surface area contributed by atoms with Gasteiger partial charge in [0.1, 0.15) is 5.82 Å². The topological polar surface area (TPSA) is 72.2 Å². The Morgan fingerprint density at radius 2 is 1.91 bits per heavy atom. The number of nitro benzene ring substituents is 1. The molecule has 0 aliphatic rings. The first-order chi connectivity index (χ1) is 10.4. The molecule has 2 aromatic rings. The number of nitrogens with zero attached hydrogens (tertiary/aromatic N) is 1. The molecular weight excluding hydrogens is 311 g/mol. The molecule has 2 aromatic carbocycles. The molecule has 2 rings (SSSR count). The molecule has 1 N–H and O–H groups in total. The monoisotopic (exact) mass is 322 g/mol. The highest BCUT2D eigenvalue weighted by Gasteiger charge is 2.17. The molecule has 0 radical (unpaired) electrons. The summed E-state index contributed by atoms with van der Waals surface area (Å²) in [4.78, 5) is 22.2. The Balaban J connectivity index is 2.11. The van der Waals surface area contributed by atoms with E-state index in [1.165, 1.54) is 36.4 Å². The molecule has 0 heterocycles. The molecule has 0 unspecified atom stereocenters. The number of benzene rings is 2. The van der Waals surface area contributed by atoms with E-state index < -0.39 is 16.7 Å². The molecule has 0 saturated heterocycles. The maximum absolute atomic E-state index is 13.1. The van der Waals surface area contributed by atoms with E-state index in [4.69, 9.17) is 11.6 Å². The van der Waals surface area contributed by atoms with Crippen molar-refractivity contribution in [2.45, 2.75) is 12.8 Å². The molecule has 0 saturated carbocycles. The Labute approximate surface area is 130 Å². The number of carbonyl (C=O) groups excluding carboxylic acids is 1. The average Bonchev–Trinajstić information content (AvgIpc) is 2.50. The van der Waals surface area contributed by atoms with Crippen molar-refractivity contribution in [3.8, 4) is 0 Å². The van der Waals surface area contributed by atoms with Crippen molar-refractivity contribution in [1.29, 1.82) is 0 Å². The lowest BCUT2D eigenvalue weighted by molar-refractivity contribution is -0.384. The highest BCUT2D eigenvalue weighted by Crippen LogP contribution is 2.23. The Morgan fingerprint density at radius 3 is 2.45 bits per heavy atom. The van der Waals surface area contributed by atoms with Crippen LogP contribution in [0.1, 0.15) is 18.4 Å². The van der Waals surface area contributed by atoms with Gasteiger partial charge in [0.25, 0.3) is 5.69 Å². The van der Waals surface area contributed by atoms with E-state index in [0.29, 0.717) is 11.3 Å². The Hall–Kier alpha value is -2.47. The first-order valence-corrected chi connectivity index (χ1v) is 6.76. The number of halogens is 2. The van der Waals surface area contributed by atoms with Crippen molar-refractivity contribution < 1.29 is 14.1 Å². The smallest absolute Gasteiger partial charge is 0.269 e. The molecule has 7 heteroatoms. The Bertz CT molecular complexity index is 719. The molecule has 5 nitrogen and oxygen atoms in total. The Morgan fingerprint density at radius 1 is 1.27 bits per heavy atom. The maximum Gasteiger partial charge on any atom is 0.269 e. The van der Waals surface area contributed by atoms with Gasteiger partial charge in [0, 0.05) is 17.8 Å². The highest BCUT2D eigenvalue weighted by atomic mass is 35.5. The summed E-state index contributed by atoms with van der Waals surface area (Å²) in [7, 11) is 0. The lowest BCUT2D eigenvalue weighted by Gasteiger charge is -2.12. The van der Waals surface area contributed by atoms with E-state index in [-0.39, 0.29) is 16.6 Å².